The molecule has 0 saturated carbocycles. The number of fused-ring (bicyclic) bond motifs is 1. The molecule has 0 bridgehead atoms. The van der Waals surface area contributed by atoms with Crippen LogP contribution in [0.2, 0.25) is 0 Å². The third kappa shape index (κ3) is 1.47. The second kappa shape index (κ2) is 3.30. The minimum atomic E-state index is -0.0751. The fourth-order valence-electron chi connectivity index (χ4n) is 1.51. The van der Waals surface area contributed by atoms with Gasteiger partial charge in [0.05, 0.1) is 4.91 Å². The normalized spacial score (nSPS) is 21.6. The maximum Gasteiger partial charge on any atom is 0.264 e. The quantitative estimate of drug-likeness (QED) is 0.692. The van der Waals surface area contributed by atoms with Crippen molar-refractivity contribution < 1.29 is 4.79 Å². The first kappa shape index (κ1) is 9.33. The minimum Gasteiger partial charge on any atom is -0.307 e. The Morgan fingerprint density at radius 2 is 2.27 bits per heavy atom. The summed E-state index contributed by atoms with van der Waals surface area (Å²) in [6.07, 6.45) is 6.12. The van der Waals surface area contributed by atoms with E-state index in [0.717, 1.165) is 9.44 Å². The van der Waals surface area contributed by atoms with Gasteiger partial charge in [-0.15, -0.1) is 11.3 Å². The molecule has 0 radical (unpaired) electrons. The molecule has 0 spiro atoms. The van der Waals surface area contributed by atoms with Crippen LogP contribution in [0.4, 0.5) is 0 Å². The molecule has 1 aliphatic carbocycles. The maximum atomic E-state index is 11.5. The van der Waals surface area contributed by atoms with Crippen molar-refractivity contribution in [2.45, 2.75) is 0 Å². The first-order valence-electron chi connectivity index (χ1n) is 4.30. The number of nitrogens with one attached hydrogen (secondary N) is 1. The monoisotopic (exact) mass is 251 g/mol. The van der Waals surface area contributed by atoms with Crippen LogP contribution in [-0.4, -0.2) is 10.2 Å². The van der Waals surface area contributed by atoms with Gasteiger partial charge in [0.2, 0.25) is 0 Å². The topological polar surface area (TPSA) is 29.1 Å². The van der Waals surface area contributed by atoms with E-state index in [2.05, 4.69) is 11.4 Å². The van der Waals surface area contributed by atoms with Crippen molar-refractivity contribution in [3.05, 3.63) is 26.8 Å². The van der Waals surface area contributed by atoms with Gasteiger partial charge < -0.3 is 5.32 Å². The van der Waals surface area contributed by atoms with Crippen LogP contribution in [0.25, 0.3) is 17.1 Å². The van der Waals surface area contributed by atoms with E-state index in [1.54, 1.807) is 11.3 Å². The standard InChI is InChI=1S/C10H5NOS3/c12-9-8(15-10(13)11-9)7-4-5-2-1-3-6(5)14-7/h1-4H,(H,11,12,13). The van der Waals surface area contributed by atoms with E-state index >= 15 is 0 Å². The summed E-state index contributed by atoms with van der Waals surface area (Å²) in [5.74, 6) is -0.0751. The molecule has 1 amide bonds. The number of allylic oxidation sites excluding steroid dienone is 1. The van der Waals surface area contributed by atoms with Crippen LogP contribution in [0.5, 0.6) is 0 Å². The molecule has 1 saturated heterocycles. The highest BCUT2D eigenvalue weighted by atomic mass is 32.2. The van der Waals surface area contributed by atoms with Crippen molar-refractivity contribution in [2.75, 3.05) is 0 Å². The number of carbonyl (C=O) groups is 1. The Labute approximate surface area is 99.4 Å². The SMILES string of the molecule is O=C1NC(=S)SC1=c1cc2c(s1)=CC=C2. The summed E-state index contributed by atoms with van der Waals surface area (Å²) in [5, 5.41) is 2.63. The highest BCUT2D eigenvalue weighted by molar-refractivity contribution is 8.30. The van der Waals surface area contributed by atoms with Crippen molar-refractivity contribution in [2.24, 2.45) is 0 Å². The molecule has 5 heteroatoms. The molecule has 1 fully saturated rings. The average Bonchev–Trinajstić information content (AvgIpc) is 2.77. The van der Waals surface area contributed by atoms with Crippen molar-refractivity contribution in [3.63, 3.8) is 0 Å². The Morgan fingerprint density at radius 1 is 1.40 bits per heavy atom. The molecular formula is C10H5NOS3. The molecule has 2 heterocycles. The molecular weight excluding hydrogens is 246 g/mol. The fraction of sp³-hybridized carbons (Fsp3) is 0. The van der Waals surface area contributed by atoms with Gasteiger partial charge in [0.25, 0.3) is 5.91 Å². The number of thiophene rings is 1. The largest absolute Gasteiger partial charge is 0.307 e. The second-order valence-electron chi connectivity index (χ2n) is 3.13. The summed E-state index contributed by atoms with van der Waals surface area (Å²) in [5.41, 5.74) is 1.19. The van der Waals surface area contributed by atoms with E-state index in [0.29, 0.717) is 4.32 Å². The molecule has 2 nitrogen and oxygen atoms in total. The van der Waals surface area contributed by atoms with Gasteiger partial charge in [-0.25, -0.2) is 0 Å². The van der Waals surface area contributed by atoms with Crippen LogP contribution in [0.3, 0.4) is 0 Å². The molecule has 1 aromatic rings. The van der Waals surface area contributed by atoms with E-state index in [1.807, 2.05) is 18.2 Å². The number of amides is 1. The Morgan fingerprint density at radius 3 is 2.93 bits per heavy atom. The predicted molar refractivity (Wildman–Crippen MR) is 68.8 cm³/mol. The van der Waals surface area contributed by atoms with Gasteiger partial charge in [-0.2, -0.15) is 0 Å². The molecule has 0 aromatic carbocycles. The van der Waals surface area contributed by atoms with E-state index in [9.17, 15) is 4.79 Å². The first-order valence-corrected chi connectivity index (χ1v) is 6.34. The minimum absolute atomic E-state index is 0.0751. The van der Waals surface area contributed by atoms with E-state index in [1.165, 1.54) is 21.9 Å². The van der Waals surface area contributed by atoms with E-state index in [-0.39, 0.29) is 5.91 Å². The van der Waals surface area contributed by atoms with E-state index < -0.39 is 0 Å². The Kier molecular flexibility index (Phi) is 2.05. The van der Waals surface area contributed by atoms with Crippen molar-refractivity contribution in [1.82, 2.24) is 5.32 Å². The number of thiocarbonyl (C=S) groups is 1. The van der Waals surface area contributed by atoms with Gasteiger partial charge in [0.1, 0.15) is 4.32 Å². The third-order valence-corrected chi connectivity index (χ3v) is 4.67. The van der Waals surface area contributed by atoms with Crippen molar-refractivity contribution in [3.8, 4) is 0 Å². The maximum absolute atomic E-state index is 11.5. The summed E-state index contributed by atoms with van der Waals surface area (Å²) < 4.78 is 2.76. The first-order chi connectivity index (χ1) is 7.24. The second-order valence-corrected chi connectivity index (χ2v) is 5.90. The zero-order valence-electron chi connectivity index (χ0n) is 7.44. The summed E-state index contributed by atoms with van der Waals surface area (Å²) >= 11 is 7.92. The van der Waals surface area contributed by atoms with Gasteiger partial charge >= 0.3 is 0 Å². The lowest BCUT2D eigenvalue weighted by Gasteiger charge is -1.85. The lowest BCUT2D eigenvalue weighted by molar-refractivity contribution is -0.113. The van der Waals surface area contributed by atoms with Gasteiger partial charge in [0.15, 0.2) is 0 Å². The molecule has 3 rings (SSSR count). The third-order valence-electron chi connectivity index (χ3n) is 2.15. The number of hydrogen-bond acceptors (Lipinski definition) is 4. The molecule has 15 heavy (non-hydrogen) atoms. The fourth-order valence-corrected chi connectivity index (χ4v) is 3.73. The molecule has 1 aromatic heterocycles. The lowest BCUT2D eigenvalue weighted by Crippen LogP contribution is -2.19. The lowest BCUT2D eigenvalue weighted by atomic mass is 10.3. The van der Waals surface area contributed by atoms with Crippen LogP contribution >= 0.6 is 35.3 Å². The highest BCUT2D eigenvalue weighted by Gasteiger charge is 2.23. The highest BCUT2D eigenvalue weighted by Crippen LogP contribution is 2.23. The van der Waals surface area contributed by atoms with Gasteiger partial charge in [-0.05, 0) is 17.7 Å². The van der Waals surface area contributed by atoms with Crippen LogP contribution in [-0.2, 0) is 4.79 Å². The molecule has 1 N–H and O–H groups in total. The Bertz CT molecular complexity index is 624. The number of hydrogen-bond donors (Lipinski definition) is 1. The smallest absolute Gasteiger partial charge is 0.264 e. The van der Waals surface area contributed by atoms with E-state index in [4.69, 9.17) is 12.2 Å². The Balaban J connectivity index is 2.24. The van der Waals surface area contributed by atoms with Gasteiger partial charge in [0, 0.05) is 9.06 Å². The van der Waals surface area contributed by atoms with Crippen molar-refractivity contribution in [1.29, 1.82) is 0 Å². The van der Waals surface area contributed by atoms with Gasteiger partial charge in [-0.1, -0.05) is 36.1 Å². The molecule has 1 aliphatic heterocycles. The van der Waals surface area contributed by atoms with Crippen LogP contribution in [0.1, 0.15) is 5.56 Å². The molecule has 0 atom stereocenters. The summed E-state index contributed by atoms with van der Waals surface area (Å²) in [6, 6.07) is 2.04. The van der Waals surface area contributed by atoms with Crippen LogP contribution in [0.15, 0.2) is 12.1 Å². The summed E-state index contributed by atoms with van der Waals surface area (Å²) in [6.45, 7) is 0. The number of carbonyl (C=O) groups excluding carboxylic acids is 1. The summed E-state index contributed by atoms with van der Waals surface area (Å²) in [4.78, 5) is 12.3. The molecule has 74 valence electrons. The van der Waals surface area contributed by atoms with Crippen LogP contribution < -0.4 is 14.4 Å². The molecule has 2 aliphatic rings. The zero-order chi connectivity index (χ0) is 10.4. The zero-order valence-corrected chi connectivity index (χ0v) is 9.89. The van der Waals surface area contributed by atoms with Crippen LogP contribution in [0, 0.1) is 0 Å². The number of rotatable bonds is 0. The average molecular weight is 251 g/mol. The number of thioether (sulfide) groups is 1. The van der Waals surface area contributed by atoms with Gasteiger partial charge in [-0.3, -0.25) is 4.79 Å². The predicted octanol–water partition coefficient (Wildman–Crippen LogP) is 0.811. The Hall–Kier alpha value is -0.910. The summed E-state index contributed by atoms with van der Waals surface area (Å²) in [7, 11) is 0. The molecule has 0 unspecified atom stereocenters. The van der Waals surface area contributed by atoms with Crippen molar-refractivity contribution >= 4 is 62.6 Å².